The summed E-state index contributed by atoms with van der Waals surface area (Å²) in [5.74, 6) is -10.7. The molecule has 0 aromatic heterocycles. The third kappa shape index (κ3) is 33.7. The van der Waals surface area contributed by atoms with Crippen molar-refractivity contribution < 1.29 is 63.3 Å². The summed E-state index contributed by atoms with van der Waals surface area (Å²) in [6, 6.07) is -9.39. The fourth-order valence-corrected chi connectivity index (χ4v) is 8.79. The lowest BCUT2D eigenvalue weighted by Gasteiger charge is -2.29. The van der Waals surface area contributed by atoms with Gasteiger partial charge in [0.2, 0.25) is 41.4 Å². The quantitative estimate of drug-likeness (QED) is 0.0278. The van der Waals surface area contributed by atoms with Crippen molar-refractivity contribution in [1.29, 1.82) is 0 Å². The number of rotatable bonds is 44. The molecule has 438 valence electrons. The van der Waals surface area contributed by atoms with Crippen molar-refractivity contribution in [3.05, 3.63) is 0 Å². The van der Waals surface area contributed by atoms with Crippen LogP contribution in [0.1, 0.15) is 224 Å². The van der Waals surface area contributed by atoms with Crippen LogP contribution in [0.5, 0.6) is 0 Å². The van der Waals surface area contributed by atoms with Gasteiger partial charge >= 0.3 is 17.9 Å². The zero-order chi connectivity index (χ0) is 57.9. The van der Waals surface area contributed by atoms with Crippen molar-refractivity contribution in [2.75, 3.05) is 0 Å². The first-order chi connectivity index (χ1) is 35.7. The lowest BCUT2D eigenvalue weighted by atomic mass is 9.98. The molecule has 0 aromatic carbocycles. The van der Waals surface area contributed by atoms with Crippen LogP contribution in [-0.2, 0) is 47.9 Å². The second kappa shape index (κ2) is 40.0. The van der Waals surface area contributed by atoms with Gasteiger partial charge in [-0.25, -0.2) is 4.79 Å². The second-order valence-electron chi connectivity index (χ2n) is 22.7. The molecule has 0 unspecified atom stereocenters. The first-order valence-corrected chi connectivity index (χ1v) is 28.5. The maximum Gasteiger partial charge on any atom is 0.326 e. The van der Waals surface area contributed by atoms with Gasteiger partial charge in [0.25, 0.3) is 0 Å². The van der Waals surface area contributed by atoms with Gasteiger partial charge in [0, 0.05) is 12.8 Å². The number of carbonyl (C=O) groups is 10. The van der Waals surface area contributed by atoms with E-state index in [0.717, 1.165) is 25.7 Å². The monoisotopic (exact) mass is 1080 g/mol. The van der Waals surface area contributed by atoms with Crippen LogP contribution in [0.3, 0.4) is 0 Å². The molecule has 0 saturated heterocycles. The highest BCUT2D eigenvalue weighted by molar-refractivity contribution is 5.98. The van der Waals surface area contributed by atoms with Gasteiger partial charge in [-0.1, -0.05) is 166 Å². The van der Waals surface area contributed by atoms with Gasteiger partial charge in [-0.15, -0.1) is 0 Å². The number of carboxylic acids is 3. The molecule has 0 spiro atoms. The summed E-state index contributed by atoms with van der Waals surface area (Å²) in [6.07, 6.45) is 16.4. The van der Waals surface area contributed by atoms with Crippen molar-refractivity contribution in [3.63, 3.8) is 0 Å². The predicted molar refractivity (Wildman–Crippen MR) is 292 cm³/mol. The minimum absolute atomic E-state index is 0.0517. The predicted octanol–water partition coefficient (Wildman–Crippen LogP) is 6.91. The fourth-order valence-electron chi connectivity index (χ4n) is 8.79. The standard InChI is InChI=1S/C56H101N7O13/c1-12-13-14-15-16-17-18-19-20-21-22-23-24-25-26-27-46(64)57-40(28-29-47(65)66)50(69)58-41(30-35(2)3)51(70)60-43(32-37(6)7)54(73)63-49(39(10)11)55(74)61-44(34-48(67)68)53(72)59-42(31-36(4)5)52(71)62-45(56(75)76)33-38(8)9/h35-45,49H,12-34H2,1-11H3,(H,57,64)(H,58,69)(H,59,72)(H,60,70)(H,61,74)(H,62,71)(H,63,73)(H,65,66)(H,67,68)(H,75,76)/t40-,41-,42+,43+,44-,45-,49-/m0/s1. The summed E-state index contributed by atoms with van der Waals surface area (Å²) in [5, 5.41) is 47.0. The number of hydrogen-bond acceptors (Lipinski definition) is 10. The minimum Gasteiger partial charge on any atom is -0.481 e. The van der Waals surface area contributed by atoms with E-state index in [1.54, 1.807) is 55.4 Å². The molecular formula is C56H101N7O13. The molecule has 0 rings (SSSR count). The van der Waals surface area contributed by atoms with E-state index in [1.807, 2.05) is 13.8 Å². The highest BCUT2D eigenvalue weighted by atomic mass is 16.4. The van der Waals surface area contributed by atoms with E-state index in [0.29, 0.717) is 6.42 Å². The smallest absolute Gasteiger partial charge is 0.326 e. The van der Waals surface area contributed by atoms with Gasteiger partial charge < -0.3 is 52.5 Å². The van der Waals surface area contributed by atoms with E-state index in [1.165, 1.54) is 64.2 Å². The van der Waals surface area contributed by atoms with Crippen LogP contribution in [-0.4, -0.2) is 117 Å². The fraction of sp³-hybridized carbons (Fsp3) is 0.821. The third-order valence-corrected chi connectivity index (χ3v) is 12.9. The van der Waals surface area contributed by atoms with Gasteiger partial charge in [0.1, 0.15) is 42.3 Å². The molecule has 0 aromatic rings. The Morgan fingerprint density at radius 2 is 0.671 bits per heavy atom. The number of hydrogen-bond donors (Lipinski definition) is 10. The molecule has 7 amide bonds. The van der Waals surface area contributed by atoms with Crippen LogP contribution < -0.4 is 37.2 Å². The molecule has 20 heteroatoms. The molecule has 0 heterocycles. The van der Waals surface area contributed by atoms with E-state index in [9.17, 15) is 63.3 Å². The van der Waals surface area contributed by atoms with E-state index >= 15 is 0 Å². The maximum absolute atomic E-state index is 14.1. The largest absolute Gasteiger partial charge is 0.481 e. The number of aliphatic carboxylic acids is 3. The van der Waals surface area contributed by atoms with Crippen LogP contribution >= 0.6 is 0 Å². The number of nitrogens with one attached hydrogen (secondary N) is 7. The Kier molecular flexibility index (Phi) is 37.2. The van der Waals surface area contributed by atoms with Gasteiger partial charge in [-0.3, -0.25) is 43.2 Å². The Bertz CT molecular complexity index is 1790. The van der Waals surface area contributed by atoms with Crippen LogP contribution in [0.2, 0.25) is 0 Å². The average molecular weight is 1080 g/mol. The molecule has 0 saturated carbocycles. The van der Waals surface area contributed by atoms with E-state index in [2.05, 4.69) is 44.1 Å². The number of carboxylic acid groups (broad SMARTS) is 3. The Hall–Kier alpha value is -5.30. The molecule has 10 N–H and O–H groups in total. The lowest BCUT2D eigenvalue weighted by molar-refractivity contribution is -0.143. The Balaban J connectivity index is 5.99. The van der Waals surface area contributed by atoms with E-state index in [4.69, 9.17) is 0 Å². The van der Waals surface area contributed by atoms with Crippen molar-refractivity contribution >= 4 is 59.3 Å². The molecular weight excluding hydrogens is 979 g/mol. The van der Waals surface area contributed by atoms with Crippen molar-refractivity contribution in [2.45, 2.75) is 266 Å². The molecule has 0 aliphatic carbocycles. The molecule has 7 atom stereocenters. The summed E-state index contributed by atoms with van der Waals surface area (Å²) in [5.41, 5.74) is 0. The summed E-state index contributed by atoms with van der Waals surface area (Å²) >= 11 is 0. The van der Waals surface area contributed by atoms with Crippen molar-refractivity contribution in [2.24, 2.45) is 29.6 Å². The highest BCUT2D eigenvalue weighted by Crippen LogP contribution is 2.16. The van der Waals surface area contributed by atoms with Crippen LogP contribution in [0.4, 0.5) is 0 Å². The summed E-state index contributed by atoms with van der Waals surface area (Å²) < 4.78 is 0. The van der Waals surface area contributed by atoms with Gasteiger partial charge in [-0.2, -0.15) is 0 Å². The Morgan fingerprint density at radius 1 is 0.342 bits per heavy atom. The summed E-state index contributed by atoms with van der Waals surface area (Å²) in [7, 11) is 0. The highest BCUT2D eigenvalue weighted by Gasteiger charge is 2.36. The summed E-state index contributed by atoms with van der Waals surface area (Å²) in [6.45, 7) is 19.8. The normalized spacial score (nSPS) is 14.3. The zero-order valence-corrected chi connectivity index (χ0v) is 48.1. The van der Waals surface area contributed by atoms with Crippen molar-refractivity contribution in [3.8, 4) is 0 Å². The number of carbonyl (C=O) groups excluding carboxylic acids is 7. The average Bonchev–Trinajstić information content (AvgIpc) is 3.30. The second-order valence-corrected chi connectivity index (χ2v) is 22.7. The Labute approximate surface area is 454 Å². The summed E-state index contributed by atoms with van der Waals surface area (Å²) in [4.78, 5) is 132. The zero-order valence-electron chi connectivity index (χ0n) is 48.1. The SMILES string of the molecule is CCCCCCCCCCCCCCCCCC(=O)N[C@@H](CCC(=O)O)C(=O)N[C@@H](CC(C)C)C(=O)N[C@H](CC(C)C)C(=O)N[C@H](C(=O)N[C@@H](CC(=O)O)C(=O)N[C@H](CC(C)C)C(=O)N[C@@H](CC(C)C)C(=O)O)C(C)C. The topological polar surface area (TPSA) is 316 Å². The molecule has 76 heavy (non-hydrogen) atoms. The van der Waals surface area contributed by atoms with Gasteiger partial charge in [-0.05, 0) is 68.1 Å². The molecule has 0 aliphatic heterocycles. The lowest BCUT2D eigenvalue weighted by Crippen LogP contribution is -2.61. The van der Waals surface area contributed by atoms with Crippen LogP contribution in [0.15, 0.2) is 0 Å². The maximum atomic E-state index is 14.1. The first kappa shape index (κ1) is 70.7. The Morgan fingerprint density at radius 3 is 1.03 bits per heavy atom. The van der Waals surface area contributed by atoms with Crippen molar-refractivity contribution in [1.82, 2.24) is 37.2 Å². The van der Waals surface area contributed by atoms with Crippen LogP contribution in [0.25, 0.3) is 0 Å². The first-order valence-electron chi connectivity index (χ1n) is 28.5. The number of unbranched alkanes of at least 4 members (excludes halogenated alkanes) is 14. The molecule has 0 fully saturated rings. The molecule has 0 radical (unpaired) electrons. The van der Waals surface area contributed by atoms with E-state index < -0.39 is 120 Å². The third-order valence-electron chi connectivity index (χ3n) is 12.9. The van der Waals surface area contributed by atoms with Gasteiger partial charge in [0.15, 0.2) is 0 Å². The minimum atomic E-state index is -1.74. The van der Waals surface area contributed by atoms with E-state index in [-0.39, 0.29) is 62.2 Å². The molecule has 20 nitrogen and oxygen atoms in total. The molecule has 0 aliphatic rings. The van der Waals surface area contributed by atoms with Crippen LogP contribution in [0, 0.1) is 29.6 Å². The van der Waals surface area contributed by atoms with Gasteiger partial charge in [0.05, 0.1) is 6.42 Å². The molecule has 0 bridgehead atoms. The number of amides is 7.